The first kappa shape index (κ1) is 15.1. The Bertz CT molecular complexity index is 488. The first-order valence-corrected chi connectivity index (χ1v) is 6.18. The van der Waals surface area contributed by atoms with Gasteiger partial charge in [-0.25, -0.2) is 0 Å². The molecule has 19 heavy (non-hydrogen) atoms. The van der Waals surface area contributed by atoms with Gasteiger partial charge in [-0.15, -0.1) is 0 Å². The molecule has 0 aromatic heterocycles. The van der Waals surface area contributed by atoms with Crippen LogP contribution in [0.25, 0.3) is 0 Å². The molecule has 0 radical (unpaired) electrons. The molecule has 0 heterocycles. The lowest BCUT2D eigenvalue weighted by atomic mass is 9.99. The molecule has 0 aliphatic rings. The fraction of sp³-hybridized carbons (Fsp3) is 0.462. The number of nitro groups is 1. The minimum atomic E-state index is -0.584. The van der Waals surface area contributed by atoms with Crippen LogP contribution in [0.1, 0.15) is 25.8 Å². The van der Waals surface area contributed by atoms with Crippen molar-refractivity contribution in [3.05, 3.63) is 33.9 Å². The Kier molecular flexibility index (Phi) is 5.00. The van der Waals surface area contributed by atoms with E-state index in [1.807, 2.05) is 13.8 Å². The third-order valence-electron chi connectivity index (χ3n) is 3.24. The number of benzene rings is 1. The summed E-state index contributed by atoms with van der Waals surface area (Å²) < 4.78 is 0. The molecule has 1 aromatic carbocycles. The van der Waals surface area contributed by atoms with E-state index in [0.717, 1.165) is 6.42 Å². The average molecular weight is 265 g/mol. The van der Waals surface area contributed by atoms with Gasteiger partial charge in [0.2, 0.25) is 5.91 Å². The lowest BCUT2D eigenvalue weighted by molar-refractivity contribution is -0.384. The molecule has 0 bridgehead atoms. The molecule has 0 saturated carbocycles. The summed E-state index contributed by atoms with van der Waals surface area (Å²) in [6.07, 6.45) is 0.813. The van der Waals surface area contributed by atoms with Gasteiger partial charge in [-0.1, -0.05) is 20.3 Å². The van der Waals surface area contributed by atoms with Crippen molar-refractivity contribution in [1.29, 1.82) is 0 Å². The van der Waals surface area contributed by atoms with E-state index in [0.29, 0.717) is 11.3 Å². The van der Waals surface area contributed by atoms with Gasteiger partial charge in [0.25, 0.3) is 5.69 Å². The first-order valence-electron chi connectivity index (χ1n) is 6.18. The van der Waals surface area contributed by atoms with Crippen LogP contribution in [0.5, 0.6) is 0 Å². The summed E-state index contributed by atoms with van der Waals surface area (Å²) in [6, 6.07) is 3.72. The van der Waals surface area contributed by atoms with Gasteiger partial charge in [0, 0.05) is 17.8 Å². The second kappa shape index (κ2) is 6.29. The minimum Gasteiger partial charge on any atom is -0.324 e. The van der Waals surface area contributed by atoms with E-state index < -0.39 is 11.0 Å². The molecule has 0 aliphatic heterocycles. The van der Waals surface area contributed by atoms with Crippen molar-refractivity contribution in [2.75, 3.05) is 5.32 Å². The number of anilines is 1. The predicted molar refractivity (Wildman–Crippen MR) is 73.9 cm³/mol. The predicted octanol–water partition coefficient (Wildman–Crippen LogP) is 2.22. The standard InChI is InChI=1S/C13H19N3O3/c1-4-8(2)12(14)13(17)15-11-6-5-10(16(18)19)7-9(11)3/h5-8,12H,4,14H2,1-3H3,(H,15,17)/t8-,12-/m0/s1. The van der Waals surface area contributed by atoms with Crippen LogP contribution in [0.15, 0.2) is 18.2 Å². The van der Waals surface area contributed by atoms with Gasteiger partial charge in [0.15, 0.2) is 0 Å². The van der Waals surface area contributed by atoms with Crippen molar-refractivity contribution in [3.8, 4) is 0 Å². The van der Waals surface area contributed by atoms with E-state index in [1.165, 1.54) is 18.2 Å². The van der Waals surface area contributed by atoms with E-state index in [4.69, 9.17) is 5.73 Å². The number of hydrogen-bond acceptors (Lipinski definition) is 4. The topological polar surface area (TPSA) is 98.3 Å². The van der Waals surface area contributed by atoms with Crippen LogP contribution >= 0.6 is 0 Å². The van der Waals surface area contributed by atoms with Crippen LogP contribution in [0.4, 0.5) is 11.4 Å². The number of aryl methyl sites for hydroxylation is 1. The minimum absolute atomic E-state index is 0.00160. The van der Waals surface area contributed by atoms with Gasteiger partial charge in [0.1, 0.15) is 0 Å². The van der Waals surface area contributed by atoms with Crippen LogP contribution in [0.2, 0.25) is 0 Å². The number of nitrogens with two attached hydrogens (primary N) is 1. The van der Waals surface area contributed by atoms with Gasteiger partial charge in [-0.2, -0.15) is 0 Å². The Morgan fingerprint density at radius 3 is 2.63 bits per heavy atom. The molecule has 1 amide bonds. The molecule has 0 spiro atoms. The highest BCUT2D eigenvalue weighted by Gasteiger charge is 2.20. The van der Waals surface area contributed by atoms with Crippen molar-refractivity contribution in [1.82, 2.24) is 0 Å². The molecular formula is C13H19N3O3. The van der Waals surface area contributed by atoms with Gasteiger partial charge in [-0.3, -0.25) is 14.9 Å². The quantitative estimate of drug-likeness (QED) is 0.630. The summed E-state index contributed by atoms with van der Waals surface area (Å²) in [7, 11) is 0. The van der Waals surface area contributed by atoms with Crippen molar-refractivity contribution in [2.24, 2.45) is 11.7 Å². The number of non-ortho nitro benzene ring substituents is 1. The number of carbonyl (C=O) groups is 1. The van der Waals surface area contributed by atoms with Crippen LogP contribution in [0, 0.1) is 23.0 Å². The number of nitrogens with zero attached hydrogens (tertiary/aromatic N) is 1. The Labute approximate surface area is 112 Å². The zero-order valence-corrected chi connectivity index (χ0v) is 11.3. The molecular weight excluding hydrogens is 246 g/mol. The maximum Gasteiger partial charge on any atom is 0.269 e. The second-order valence-corrected chi connectivity index (χ2v) is 4.66. The van der Waals surface area contributed by atoms with Crippen LogP contribution in [-0.2, 0) is 4.79 Å². The Morgan fingerprint density at radius 2 is 2.16 bits per heavy atom. The highest BCUT2D eigenvalue weighted by atomic mass is 16.6. The highest BCUT2D eigenvalue weighted by molar-refractivity contribution is 5.95. The maximum absolute atomic E-state index is 11.9. The zero-order chi connectivity index (χ0) is 14.6. The lowest BCUT2D eigenvalue weighted by Crippen LogP contribution is -2.40. The Balaban J connectivity index is 2.83. The highest BCUT2D eigenvalue weighted by Crippen LogP contribution is 2.21. The zero-order valence-electron chi connectivity index (χ0n) is 11.3. The third kappa shape index (κ3) is 3.75. The van der Waals surface area contributed by atoms with Crippen molar-refractivity contribution in [3.63, 3.8) is 0 Å². The number of amides is 1. The molecule has 1 rings (SSSR count). The van der Waals surface area contributed by atoms with Crippen LogP contribution in [0.3, 0.4) is 0 Å². The summed E-state index contributed by atoms with van der Waals surface area (Å²) in [4.78, 5) is 22.1. The van der Waals surface area contributed by atoms with Gasteiger partial charge in [0.05, 0.1) is 11.0 Å². The number of nitro benzene ring substituents is 1. The molecule has 0 aliphatic carbocycles. The smallest absolute Gasteiger partial charge is 0.269 e. The van der Waals surface area contributed by atoms with Crippen LogP contribution in [-0.4, -0.2) is 16.9 Å². The number of carbonyl (C=O) groups excluding carboxylic acids is 1. The number of nitrogens with one attached hydrogen (secondary N) is 1. The lowest BCUT2D eigenvalue weighted by Gasteiger charge is -2.18. The average Bonchev–Trinajstić information content (AvgIpc) is 2.38. The normalized spacial score (nSPS) is 13.7. The molecule has 2 atom stereocenters. The van der Waals surface area contributed by atoms with Gasteiger partial charge < -0.3 is 11.1 Å². The monoisotopic (exact) mass is 265 g/mol. The largest absolute Gasteiger partial charge is 0.324 e. The Morgan fingerprint density at radius 1 is 1.53 bits per heavy atom. The van der Waals surface area contributed by atoms with E-state index >= 15 is 0 Å². The number of rotatable bonds is 5. The molecule has 6 nitrogen and oxygen atoms in total. The van der Waals surface area contributed by atoms with Crippen LogP contribution < -0.4 is 11.1 Å². The summed E-state index contributed by atoms with van der Waals surface area (Å²) in [5.41, 5.74) is 7.02. The third-order valence-corrected chi connectivity index (χ3v) is 3.24. The van der Waals surface area contributed by atoms with Crippen molar-refractivity contribution < 1.29 is 9.72 Å². The molecule has 3 N–H and O–H groups in total. The van der Waals surface area contributed by atoms with Gasteiger partial charge in [-0.05, 0) is 24.5 Å². The van der Waals surface area contributed by atoms with Crippen molar-refractivity contribution >= 4 is 17.3 Å². The summed E-state index contributed by atoms with van der Waals surface area (Å²) >= 11 is 0. The second-order valence-electron chi connectivity index (χ2n) is 4.66. The maximum atomic E-state index is 11.9. The molecule has 6 heteroatoms. The molecule has 0 fully saturated rings. The molecule has 0 unspecified atom stereocenters. The molecule has 104 valence electrons. The Hall–Kier alpha value is -1.95. The fourth-order valence-corrected chi connectivity index (χ4v) is 1.63. The van der Waals surface area contributed by atoms with E-state index in [1.54, 1.807) is 6.92 Å². The summed E-state index contributed by atoms with van der Waals surface area (Å²) in [5.74, 6) is -0.190. The van der Waals surface area contributed by atoms with E-state index in [2.05, 4.69) is 5.32 Å². The molecule has 0 saturated heterocycles. The summed E-state index contributed by atoms with van der Waals surface area (Å²) in [6.45, 7) is 5.58. The first-order chi connectivity index (χ1) is 8.86. The van der Waals surface area contributed by atoms with Crippen molar-refractivity contribution in [2.45, 2.75) is 33.2 Å². The number of hydrogen-bond donors (Lipinski definition) is 2. The fourth-order valence-electron chi connectivity index (χ4n) is 1.63. The van der Waals surface area contributed by atoms with Gasteiger partial charge >= 0.3 is 0 Å². The molecule has 1 aromatic rings. The van der Waals surface area contributed by atoms with E-state index in [9.17, 15) is 14.9 Å². The van der Waals surface area contributed by atoms with E-state index in [-0.39, 0.29) is 17.5 Å². The SMILES string of the molecule is CC[C@H](C)[C@H](N)C(=O)Nc1ccc([N+](=O)[O-])cc1C. The summed E-state index contributed by atoms with van der Waals surface area (Å²) in [5, 5.41) is 13.3.